The first-order valence-corrected chi connectivity index (χ1v) is 5.67. The zero-order chi connectivity index (χ0) is 6.97. The predicted octanol–water partition coefficient (Wildman–Crippen LogP) is 3.02. The highest BCUT2D eigenvalue weighted by atomic mass is 127. The molecule has 1 heteroatoms. The Labute approximate surface area is 76.2 Å². The molecule has 1 fully saturated rings. The zero-order valence-electron chi connectivity index (χ0n) is 6.09. The summed E-state index contributed by atoms with van der Waals surface area (Å²) < 4.78 is 1.35. The molecule has 0 heterocycles. The van der Waals surface area contributed by atoms with E-state index in [2.05, 4.69) is 34.7 Å². The lowest BCUT2D eigenvalue weighted by atomic mass is 9.91. The van der Waals surface area contributed by atoms with E-state index in [1.807, 2.05) is 0 Å². The molecule has 2 rings (SSSR count). The van der Waals surface area contributed by atoms with E-state index in [1.165, 1.54) is 23.7 Å². The number of halogens is 1. The molecule has 2 aliphatic rings. The van der Waals surface area contributed by atoms with Crippen LogP contribution >= 0.6 is 22.6 Å². The molecule has 0 saturated heterocycles. The highest BCUT2D eigenvalue weighted by Gasteiger charge is 2.34. The fourth-order valence-corrected chi connectivity index (χ4v) is 3.17. The van der Waals surface area contributed by atoms with Gasteiger partial charge in [-0.2, -0.15) is 0 Å². The minimum atomic E-state index is 0.970. The van der Waals surface area contributed by atoms with Crippen LogP contribution in [0.2, 0.25) is 0 Å². The number of rotatable bonds is 2. The molecule has 2 bridgehead atoms. The van der Waals surface area contributed by atoms with E-state index in [9.17, 15) is 0 Å². The van der Waals surface area contributed by atoms with E-state index in [-0.39, 0.29) is 0 Å². The third-order valence-electron chi connectivity index (χ3n) is 2.90. The van der Waals surface area contributed by atoms with Crippen molar-refractivity contribution in [2.75, 3.05) is 4.43 Å². The molecule has 0 spiro atoms. The van der Waals surface area contributed by atoms with E-state index < -0.39 is 0 Å². The van der Waals surface area contributed by atoms with Crippen LogP contribution in [0, 0.1) is 17.8 Å². The minimum absolute atomic E-state index is 0.970. The molecule has 0 aliphatic heterocycles. The van der Waals surface area contributed by atoms with Gasteiger partial charge in [0.2, 0.25) is 0 Å². The smallest absolute Gasteiger partial charge is 0.000187 e. The molecular weight excluding hydrogens is 235 g/mol. The third kappa shape index (κ3) is 1.13. The van der Waals surface area contributed by atoms with Crippen LogP contribution in [0.3, 0.4) is 0 Å². The molecule has 3 atom stereocenters. The molecule has 0 aromatic carbocycles. The first kappa shape index (κ1) is 7.14. The highest BCUT2D eigenvalue weighted by molar-refractivity contribution is 14.1. The molecule has 0 radical (unpaired) electrons. The standard InChI is InChI=1S/C9H13I/c10-4-3-9-6-7-1-2-8(9)5-7/h1-2,7-9H,3-6H2. The van der Waals surface area contributed by atoms with Crippen molar-refractivity contribution in [1.82, 2.24) is 0 Å². The fourth-order valence-electron chi connectivity index (χ4n) is 2.37. The van der Waals surface area contributed by atoms with Crippen molar-refractivity contribution < 1.29 is 0 Å². The van der Waals surface area contributed by atoms with Crippen molar-refractivity contribution in [3.05, 3.63) is 12.2 Å². The van der Waals surface area contributed by atoms with Gasteiger partial charge in [-0.25, -0.2) is 0 Å². The van der Waals surface area contributed by atoms with Gasteiger partial charge in [-0.05, 0) is 41.4 Å². The van der Waals surface area contributed by atoms with Crippen molar-refractivity contribution in [2.45, 2.75) is 19.3 Å². The van der Waals surface area contributed by atoms with Crippen molar-refractivity contribution in [3.8, 4) is 0 Å². The Hall–Kier alpha value is 0.470. The summed E-state index contributed by atoms with van der Waals surface area (Å²) in [7, 11) is 0. The lowest BCUT2D eigenvalue weighted by Crippen LogP contribution is -2.06. The fraction of sp³-hybridized carbons (Fsp3) is 0.778. The number of hydrogen-bond donors (Lipinski definition) is 0. The molecule has 3 unspecified atom stereocenters. The van der Waals surface area contributed by atoms with Crippen LogP contribution in [0.1, 0.15) is 19.3 Å². The topological polar surface area (TPSA) is 0 Å². The SMILES string of the molecule is ICCC1CC2C=CC1C2. The highest BCUT2D eigenvalue weighted by Crippen LogP contribution is 2.44. The largest absolute Gasteiger partial charge is 0.0864 e. The molecule has 0 aromatic heterocycles. The number of alkyl halides is 1. The van der Waals surface area contributed by atoms with Crippen molar-refractivity contribution >= 4 is 22.6 Å². The molecule has 0 N–H and O–H groups in total. The van der Waals surface area contributed by atoms with Crippen molar-refractivity contribution in [3.63, 3.8) is 0 Å². The first-order chi connectivity index (χ1) is 4.90. The molecule has 0 aromatic rings. The first-order valence-electron chi connectivity index (χ1n) is 4.14. The summed E-state index contributed by atoms with van der Waals surface area (Å²) in [6, 6.07) is 0. The maximum absolute atomic E-state index is 2.49. The normalized spacial score (nSPS) is 43.1. The third-order valence-corrected chi connectivity index (χ3v) is 3.52. The van der Waals surface area contributed by atoms with Crippen LogP contribution in [0.25, 0.3) is 0 Å². The van der Waals surface area contributed by atoms with Gasteiger partial charge in [0.1, 0.15) is 0 Å². The number of fused-ring (bicyclic) bond motifs is 2. The molecule has 10 heavy (non-hydrogen) atoms. The van der Waals surface area contributed by atoms with E-state index in [0.717, 1.165) is 17.8 Å². The average molecular weight is 248 g/mol. The van der Waals surface area contributed by atoms with Gasteiger partial charge in [0, 0.05) is 0 Å². The molecular formula is C9H13I. The summed E-state index contributed by atoms with van der Waals surface area (Å²) in [5, 5.41) is 0. The van der Waals surface area contributed by atoms with Gasteiger partial charge in [0.25, 0.3) is 0 Å². The minimum Gasteiger partial charge on any atom is -0.0864 e. The van der Waals surface area contributed by atoms with Crippen LogP contribution in [0.4, 0.5) is 0 Å². The van der Waals surface area contributed by atoms with Gasteiger partial charge in [-0.3, -0.25) is 0 Å². The Kier molecular flexibility index (Phi) is 2.03. The molecule has 56 valence electrons. The molecule has 2 aliphatic carbocycles. The summed E-state index contributed by atoms with van der Waals surface area (Å²) in [6.07, 6.45) is 9.29. The summed E-state index contributed by atoms with van der Waals surface area (Å²) >= 11 is 2.49. The van der Waals surface area contributed by atoms with Crippen molar-refractivity contribution in [2.24, 2.45) is 17.8 Å². The summed E-state index contributed by atoms with van der Waals surface area (Å²) in [4.78, 5) is 0. The Bertz CT molecular complexity index is 151. The Morgan fingerprint density at radius 1 is 1.30 bits per heavy atom. The van der Waals surface area contributed by atoms with Crippen molar-refractivity contribution in [1.29, 1.82) is 0 Å². The number of hydrogen-bond acceptors (Lipinski definition) is 0. The van der Waals surface area contributed by atoms with Gasteiger partial charge in [-0.1, -0.05) is 34.7 Å². The van der Waals surface area contributed by atoms with Gasteiger partial charge < -0.3 is 0 Å². The van der Waals surface area contributed by atoms with Gasteiger partial charge in [0.05, 0.1) is 0 Å². The van der Waals surface area contributed by atoms with Crippen LogP contribution in [-0.2, 0) is 0 Å². The summed E-state index contributed by atoms with van der Waals surface area (Å²) in [5.41, 5.74) is 0. The molecule has 1 saturated carbocycles. The predicted molar refractivity (Wildman–Crippen MR) is 52.3 cm³/mol. The second-order valence-corrected chi connectivity index (χ2v) is 4.60. The van der Waals surface area contributed by atoms with E-state index in [4.69, 9.17) is 0 Å². The van der Waals surface area contributed by atoms with Crippen LogP contribution in [-0.4, -0.2) is 4.43 Å². The van der Waals surface area contributed by atoms with Gasteiger partial charge in [-0.15, -0.1) is 0 Å². The summed E-state index contributed by atoms with van der Waals surface area (Å²) in [5.74, 6) is 2.99. The monoisotopic (exact) mass is 248 g/mol. The Balaban J connectivity index is 1.96. The Morgan fingerprint density at radius 2 is 2.20 bits per heavy atom. The lowest BCUT2D eigenvalue weighted by Gasteiger charge is -2.15. The van der Waals surface area contributed by atoms with E-state index >= 15 is 0 Å². The number of allylic oxidation sites excluding steroid dienone is 2. The maximum atomic E-state index is 2.49. The van der Waals surface area contributed by atoms with Crippen LogP contribution in [0.15, 0.2) is 12.2 Å². The lowest BCUT2D eigenvalue weighted by molar-refractivity contribution is 0.440. The quantitative estimate of drug-likeness (QED) is 0.400. The van der Waals surface area contributed by atoms with Gasteiger partial charge >= 0.3 is 0 Å². The van der Waals surface area contributed by atoms with Crippen LogP contribution < -0.4 is 0 Å². The second-order valence-electron chi connectivity index (χ2n) is 3.52. The molecule has 0 nitrogen and oxygen atoms in total. The van der Waals surface area contributed by atoms with E-state index in [0.29, 0.717) is 0 Å². The van der Waals surface area contributed by atoms with Gasteiger partial charge in [0.15, 0.2) is 0 Å². The van der Waals surface area contributed by atoms with E-state index in [1.54, 1.807) is 0 Å². The molecule has 0 amide bonds. The summed E-state index contributed by atoms with van der Waals surface area (Å²) in [6.45, 7) is 0. The maximum Gasteiger partial charge on any atom is -0.000187 e. The second kappa shape index (κ2) is 2.84. The van der Waals surface area contributed by atoms with Crippen LogP contribution in [0.5, 0.6) is 0 Å². The zero-order valence-corrected chi connectivity index (χ0v) is 8.25. The Morgan fingerprint density at radius 3 is 2.70 bits per heavy atom. The average Bonchev–Trinajstić information content (AvgIpc) is 2.48.